The van der Waals surface area contributed by atoms with E-state index in [0.717, 1.165) is 15.7 Å². The Bertz CT molecular complexity index is 1570. The van der Waals surface area contributed by atoms with Crippen LogP contribution in [0.3, 0.4) is 0 Å². The lowest BCUT2D eigenvalue weighted by atomic mass is 9.94. The molecule has 4 nitrogen and oxygen atoms in total. The van der Waals surface area contributed by atoms with E-state index >= 15 is 0 Å². The Morgan fingerprint density at radius 2 is 1.42 bits per heavy atom. The lowest BCUT2D eigenvalue weighted by Crippen LogP contribution is -2.17. The topological polar surface area (TPSA) is 63.6 Å². The summed E-state index contributed by atoms with van der Waals surface area (Å²) in [4.78, 5) is 14.5. The maximum Gasteiger partial charge on any atom is 0.282 e. The van der Waals surface area contributed by atoms with E-state index < -0.39 is 10.0 Å². The summed E-state index contributed by atoms with van der Waals surface area (Å²) >= 11 is 7.19. The van der Waals surface area contributed by atoms with Gasteiger partial charge in [0.15, 0.2) is 5.78 Å². The monoisotopic (exact) mass is 489 g/mol. The molecule has 0 fully saturated rings. The van der Waals surface area contributed by atoms with Gasteiger partial charge in [0, 0.05) is 21.0 Å². The van der Waals surface area contributed by atoms with E-state index in [-0.39, 0.29) is 16.4 Å². The van der Waals surface area contributed by atoms with Gasteiger partial charge < -0.3 is 0 Å². The van der Waals surface area contributed by atoms with E-state index in [9.17, 15) is 13.2 Å². The molecule has 0 N–H and O–H groups in total. The maximum atomic E-state index is 13.2. The highest BCUT2D eigenvalue weighted by Crippen LogP contribution is 2.35. The lowest BCUT2D eigenvalue weighted by Gasteiger charge is -2.17. The summed E-state index contributed by atoms with van der Waals surface area (Å²) in [6.07, 6.45) is 1.55. The van der Waals surface area contributed by atoms with Crippen LogP contribution in [0.2, 0.25) is 5.02 Å². The molecule has 0 saturated carbocycles. The zero-order chi connectivity index (χ0) is 23.0. The fourth-order valence-corrected chi connectivity index (χ4v) is 5.67. The molecule has 1 aliphatic carbocycles. The van der Waals surface area contributed by atoms with Crippen LogP contribution in [0.25, 0.3) is 10.8 Å². The molecule has 0 radical (unpaired) electrons. The Kier molecular flexibility index (Phi) is 5.66. The number of allylic oxidation sites excluding steroid dienone is 2. The van der Waals surface area contributed by atoms with E-state index in [0.29, 0.717) is 21.1 Å². The number of sulfonamides is 1. The number of carbonyl (C=O) groups excluding carboxylic acids is 1. The number of nitrogens with zero attached hydrogens (tertiary/aromatic N) is 1. The summed E-state index contributed by atoms with van der Waals surface area (Å²) in [5.41, 5.74) is 1.14. The van der Waals surface area contributed by atoms with Gasteiger partial charge in [-0.1, -0.05) is 78.0 Å². The Balaban J connectivity index is 1.59. The van der Waals surface area contributed by atoms with Gasteiger partial charge in [-0.25, -0.2) is 0 Å². The number of rotatable bonds is 4. The molecular formula is C26H16ClNO3S2. The first-order chi connectivity index (χ1) is 15.9. The molecule has 33 heavy (non-hydrogen) atoms. The Morgan fingerprint density at radius 1 is 0.758 bits per heavy atom. The van der Waals surface area contributed by atoms with Gasteiger partial charge in [-0.3, -0.25) is 4.79 Å². The summed E-state index contributed by atoms with van der Waals surface area (Å²) in [5, 5.41) is 2.60. The van der Waals surface area contributed by atoms with Gasteiger partial charge in [0.1, 0.15) is 0 Å². The van der Waals surface area contributed by atoms with Crippen LogP contribution in [0.1, 0.15) is 15.9 Å². The SMILES string of the molecule is O=C1C(Sc2ccc3ccccc3c2)=CC(=NS(=O)(=O)c2ccc(Cl)cc2)c2ccccc21. The summed E-state index contributed by atoms with van der Waals surface area (Å²) in [5.74, 6) is -0.161. The van der Waals surface area contributed by atoms with E-state index in [1.807, 2.05) is 42.5 Å². The third-order valence-electron chi connectivity index (χ3n) is 5.22. The Labute approximate surface area is 200 Å². The number of hydrogen-bond donors (Lipinski definition) is 0. The third-order valence-corrected chi connectivity index (χ3v) is 7.79. The zero-order valence-electron chi connectivity index (χ0n) is 17.1. The predicted molar refractivity (Wildman–Crippen MR) is 134 cm³/mol. The molecule has 0 aromatic heterocycles. The van der Waals surface area contributed by atoms with Crippen molar-refractivity contribution in [1.82, 2.24) is 0 Å². The maximum absolute atomic E-state index is 13.2. The van der Waals surface area contributed by atoms with Crippen LogP contribution in [0.4, 0.5) is 0 Å². The van der Waals surface area contributed by atoms with Crippen molar-refractivity contribution in [2.75, 3.05) is 0 Å². The zero-order valence-corrected chi connectivity index (χ0v) is 19.5. The highest BCUT2D eigenvalue weighted by Gasteiger charge is 2.26. The first-order valence-electron chi connectivity index (χ1n) is 10.0. The number of Topliss-reactive ketones (excluding diaryl/α,β-unsaturated/α-hetero) is 1. The largest absolute Gasteiger partial charge is 0.288 e. The summed E-state index contributed by atoms with van der Waals surface area (Å²) in [7, 11) is -4.00. The van der Waals surface area contributed by atoms with Crippen LogP contribution in [-0.2, 0) is 10.0 Å². The molecule has 4 aromatic rings. The van der Waals surface area contributed by atoms with Gasteiger partial charge in [0.25, 0.3) is 10.0 Å². The van der Waals surface area contributed by atoms with Crippen molar-refractivity contribution < 1.29 is 13.2 Å². The summed E-state index contributed by atoms with van der Waals surface area (Å²) < 4.78 is 30.0. The van der Waals surface area contributed by atoms with Gasteiger partial charge in [-0.15, -0.1) is 0 Å². The number of carbonyl (C=O) groups is 1. The predicted octanol–water partition coefficient (Wildman–Crippen LogP) is 6.54. The highest BCUT2D eigenvalue weighted by atomic mass is 35.5. The molecule has 0 saturated heterocycles. The molecule has 0 atom stereocenters. The molecule has 5 rings (SSSR count). The first-order valence-corrected chi connectivity index (χ1v) is 12.7. The van der Waals surface area contributed by atoms with E-state index in [1.165, 1.54) is 36.0 Å². The van der Waals surface area contributed by atoms with Crippen LogP contribution in [-0.4, -0.2) is 19.9 Å². The average Bonchev–Trinajstić information content (AvgIpc) is 2.82. The fourth-order valence-electron chi connectivity index (χ4n) is 3.60. The molecule has 162 valence electrons. The number of hydrogen-bond acceptors (Lipinski definition) is 4. The quantitative estimate of drug-likeness (QED) is 0.326. The molecule has 7 heteroatoms. The van der Waals surface area contributed by atoms with Crippen LogP contribution >= 0.6 is 23.4 Å². The standard InChI is InChI=1S/C26H16ClNO3S2/c27-19-10-13-21(14-11-19)33(30,31)28-24-16-25(26(29)23-8-4-3-7-22(23)24)32-20-12-9-17-5-1-2-6-18(17)15-20/h1-16H. The fraction of sp³-hybridized carbons (Fsp3) is 0. The van der Waals surface area contributed by atoms with Gasteiger partial charge in [0.2, 0.25) is 0 Å². The minimum atomic E-state index is -4.00. The minimum absolute atomic E-state index is 0.0333. The van der Waals surface area contributed by atoms with Gasteiger partial charge in [0.05, 0.1) is 15.5 Å². The molecule has 4 aromatic carbocycles. The second-order valence-corrected chi connectivity index (χ2v) is 10.6. The lowest BCUT2D eigenvalue weighted by molar-refractivity contribution is 0.104. The molecule has 0 bridgehead atoms. The average molecular weight is 490 g/mol. The summed E-state index contributed by atoms with van der Waals surface area (Å²) in [6, 6.07) is 26.7. The first kappa shape index (κ1) is 21.6. The van der Waals surface area contributed by atoms with Crippen molar-refractivity contribution >= 4 is 55.7 Å². The number of fused-ring (bicyclic) bond motifs is 2. The second kappa shape index (κ2) is 8.63. The van der Waals surface area contributed by atoms with Gasteiger partial charge in [-0.2, -0.15) is 12.8 Å². The third kappa shape index (κ3) is 4.37. The normalized spacial score (nSPS) is 14.9. The van der Waals surface area contributed by atoms with Crippen LogP contribution in [0.5, 0.6) is 0 Å². The van der Waals surface area contributed by atoms with Crippen molar-refractivity contribution in [2.45, 2.75) is 9.79 Å². The molecule has 0 heterocycles. The van der Waals surface area contributed by atoms with E-state index in [2.05, 4.69) is 4.40 Å². The van der Waals surface area contributed by atoms with Crippen LogP contribution in [0.15, 0.2) is 116 Å². The molecule has 0 aliphatic heterocycles. The molecular weight excluding hydrogens is 474 g/mol. The van der Waals surface area contributed by atoms with Gasteiger partial charge in [-0.05, 0) is 53.2 Å². The van der Waals surface area contributed by atoms with Crippen LogP contribution in [0, 0.1) is 0 Å². The van der Waals surface area contributed by atoms with E-state index in [4.69, 9.17) is 11.6 Å². The van der Waals surface area contributed by atoms with Crippen molar-refractivity contribution in [3.63, 3.8) is 0 Å². The Morgan fingerprint density at radius 3 is 2.18 bits per heavy atom. The number of thioether (sulfide) groups is 1. The molecule has 0 amide bonds. The highest BCUT2D eigenvalue weighted by molar-refractivity contribution is 8.04. The van der Waals surface area contributed by atoms with Crippen molar-refractivity contribution in [2.24, 2.45) is 4.40 Å². The molecule has 1 aliphatic rings. The number of halogens is 1. The Hall–Kier alpha value is -3.19. The number of benzene rings is 4. The van der Waals surface area contributed by atoms with E-state index in [1.54, 1.807) is 30.3 Å². The van der Waals surface area contributed by atoms with Crippen molar-refractivity contribution in [3.05, 3.63) is 118 Å². The van der Waals surface area contributed by atoms with Gasteiger partial charge >= 0.3 is 0 Å². The summed E-state index contributed by atoms with van der Waals surface area (Å²) in [6.45, 7) is 0. The molecule has 0 unspecified atom stereocenters. The van der Waals surface area contributed by atoms with Crippen molar-refractivity contribution in [1.29, 1.82) is 0 Å². The number of ketones is 1. The van der Waals surface area contributed by atoms with Crippen LogP contribution < -0.4 is 0 Å². The minimum Gasteiger partial charge on any atom is -0.288 e. The molecule has 0 spiro atoms. The van der Waals surface area contributed by atoms with Crippen molar-refractivity contribution in [3.8, 4) is 0 Å². The second-order valence-electron chi connectivity index (χ2n) is 7.40. The smallest absolute Gasteiger partial charge is 0.282 e.